The van der Waals surface area contributed by atoms with Crippen molar-refractivity contribution in [1.29, 1.82) is 5.26 Å². The Kier molecular flexibility index (Phi) is 3.95. The van der Waals surface area contributed by atoms with Crippen molar-refractivity contribution in [2.75, 3.05) is 11.6 Å². The Morgan fingerprint density at radius 3 is 2.88 bits per heavy atom. The third-order valence-electron chi connectivity index (χ3n) is 3.98. The Morgan fingerprint density at radius 2 is 2.29 bits per heavy atom. The average molecular weight is 331 g/mol. The van der Waals surface area contributed by atoms with Crippen LogP contribution in [0.5, 0.6) is 0 Å². The highest BCUT2D eigenvalue weighted by Crippen LogP contribution is 2.29. The number of aryl methyl sites for hydroxylation is 1. The second-order valence-corrected chi connectivity index (χ2v) is 5.40. The van der Waals surface area contributed by atoms with Gasteiger partial charge in [0.2, 0.25) is 5.43 Å². The number of aromatic carboxylic acids is 1. The number of pyridine rings is 1. The third-order valence-corrected chi connectivity index (χ3v) is 3.98. The molecule has 1 N–H and O–H groups in total. The lowest BCUT2D eigenvalue weighted by Crippen LogP contribution is -2.22. The topological polar surface area (TPSA) is 95.6 Å². The number of benzene rings is 1. The standard InChI is InChI=1S/C16H14FN3O4/c1-2-19-8-11(16(22)23)15(21)10-5-12(17)14(6-13(10)19)20-4-3-9(7-18)24-20/h5-6,8-9H,2-4H2,1H3,(H,22,23). The van der Waals surface area contributed by atoms with Crippen LogP contribution in [0.4, 0.5) is 10.1 Å². The van der Waals surface area contributed by atoms with Crippen molar-refractivity contribution < 1.29 is 19.1 Å². The Hall–Kier alpha value is -2.92. The van der Waals surface area contributed by atoms with E-state index < -0.39 is 28.9 Å². The molecule has 1 saturated heterocycles. The average Bonchev–Trinajstić information content (AvgIpc) is 3.03. The van der Waals surface area contributed by atoms with Crippen molar-refractivity contribution in [3.05, 3.63) is 39.9 Å². The molecule has 0 radical (unpaired) electrons. The Bertz CT molecular complexity index is 932. The van der Waals surface area contributed by atoms with Crippen molar-refractivity contribution in [3.8, 4) is 6.07 Å². The van der Waals surface area contributed by atoms with Gasteiger partial charge in [-0.1, -0.05) is 0 Å². The molecule has 1 atom stereocenters. The molecule has 24 heavy (non-hydrogen) atoms. The number of anilines is 1. The van der Waals surface area contributed by atoms with Gasteiger partial charge in [0.25, 0.3) is 0 Å². The summed E-state index contributed by atoms with van der Waals surface area (Å²) in [5.74, 6) is -2.06. The highest BCUT2D eigenvalue weighted by molar-refractivity contribution is 5.93. The fraction of sp³-hybridized carbons (Fsp3) is 0.312. The number of fused-ring (bicyclic) bond motifs is 1. The summed E-state index contributed by atoms with van der Waals surface area (Å²) in [7, 11) is 0. The normalized spacial score (nSPS) is 17.2. The van der Waals surface area contributed by atoms with Gasteiger partial charge in [0, 0.05) is 31.1 Å². The zero-order valence-electron chi connectivity index (χ0n) is 12.8. The number of nitriles is 1. The maximum absolute atomic E-state index is 14.5. The number of hydroxylamine groups is 1. The zero-order valence-corrected chi connectivity index (χ0v) is 12.8. The number of aromatic nitrogens is 1. The lowest BCUT2D eigenvalue weighted by atomic mass is 10.1. The second-order valence-electron chi connectivity index (χ2n) is 5.40. The molecule has 2 aromatic rings. The molecule has 124 valence electrons. The van der Waals surface area contributed by atoms with E-state index in [4.69, 9.17) is 15.2 Å². The summed E-state index contributed by atoms with van der Waals surface area (Å²) < 4.78 is 16.0. The van der Waals surface area contributed by atoms with Crippen molar-refractivity contribution in [2.45, 2.75) is 26.0 Å². The maximum Gasteiger partial charge on any atom is 0.341 e. The van der Waals surface area contributed by atoms with Crippen molar-refractivity contribution in [2.24, 2.45) is 0 Å². The van der Waals surface area contributed by atoms with E-state index in [9.17, 15) is 14.0 Å². The molecule has 1 aliphatic heterocycles. The van der Waals surface area contributed by atoms with Crippen LogP contribution in [0.15, 0.2) is 23.1 Å². The van der Waals surface area contributed by atoms with E-state index in [1.165, 1.54) is 17.3 Å². The Labute approximate surface area is 136 Å². The molecule has 1 fully saturated rings. The van der Waals surface area contributed by atoms with E-state index in [0.717, 1.165) is 6.07 Å². The summed E-state index contributed by atoms with van der Waals surface area (Å²) in [4.78, 5) is 28.8. The van der Waals surface area contributed by atoms with Crippen LogP contribution in [0.25, 0.3) is 10.9 Å². The molecule has 2 heterocycles. The van der Waals surface area contributed by atoms with Crippen LogP contribution in [0.2, 0.25) is 0 Å². The number of nitrogens with zero attached hydrogens (tertiary/aromatic N) is 3. The number of rotatable bonds is 3. The van der Waals surface area contributed by atoms with Crippen LogP contribution in [-0.2, 0) is 11.4 Å². The quantitative estimate of drug-likeness (QED) is 0.923. The first kappa shape index (κ1) is 16.0. The molecule has 1 unspecified atom stereocenters. The Balaban J connectivity index is 2.21. The monoisotopic (exact) mass is 331 g/mol. The SMILES string of the molecule is CCn1cc(C(=O)O)c(=O)c2cc(F)c(N3CCC(C#N)O3)cc21. The molecule has 1 aliphatic rings. The van der Waals surface area contributed by atoms with Gasteiger partial charge < -0.3 is 9.67 Å². The van der Waals surface area contributed by atoms with Gasteiger partial charge in [0.1, 0.15) is 17.1 Å². The van der Waals surface area contributed by atoms with Crippen molar-refractivity contribution in [1.82, 2.24) is 4.57 Å². The lowest BCUT2D eigenvalue weighted by molar-refractivity contribution is 0.0695. The van der Waals surface area contributed by atoms with Gasteiger partial charge in [-0.2, -0.15) is 5.26 Å². The molecule has 0 spiro atoms. The van der Waals surface area contributed by atoms with Crippen LogP contribution in [0.1, 0.15) is 23.7 Å². The van der Waals surface area contributed by atoms with Gasteiger partial charge in [0.05, 0.1) is 11.6 Å². The van der Waals surface area contributed by atoms with E-state index in [1.807, 2.05) is 6.07 Å². The Morgan fingerprint density at radius 1 is 1.54 bits per heavy atom. The van der Waals surface area contributed by atoms with E-state index in [2.05, 4.69) is 0 Å². The molecule has 8 heteroatoms. The second kappa shape index (κ2) is 5.94. The van der Waals surface area contributed by atoms with Crippen LogP contribution in [0.3, 0.4) is 0 Å². The van der Waals surface area contributed by atoms with Gasteiger partial charge >= 0.3 is 5.97 Å². The van der Waals surface area contributed by atoms with Gasteiger partial charge in [-0.25, -0.2) is 14.2 Å². The highest BCUT2D eigenvalue weighted by Gasteiger charge is 2.27. The fourth-order valence-corrected chi connectivity index (χ4v) is 2.76. The molecule has 3 rings (SSSR count). The maximum atomic E-state index is 14.5. The van der Waals surface area contributed by atoms with E-state index >= 15 is 0 Å². The third kappa shape index (κ3) is 2.49. The number of hydrogen-bond acceptors (Lipinski definition) is 5. The number of carbonyl (C=O) groups is 1. The molecular formula is C16H14FN3O4. The zero-order chi connectivity index (χ0) is 17.4. The summed E-state index contributed by atoms with van der Waals surface area (Å²) in [6.07, 6.45) is 1.06. The smallest absolute Gasteiger partial charge is 0.341 e. The molecule has 0 bridgehead atoms. The number of carboxylic acids is 1. The first-order chi connectivity index (χ1) is 11.5. The fourth-order valence-electron chi connectivity index (χ4n) is 2.76. The number of carboxylic acid groups (broad SMARTS) is 1. The molecule has 0 saturated carbocycles. The lowest BCUT2D eigenvalue weighted by Gasteiger charge is -2.19. The number of halogens is 1. The first-order valence-corrected chi connectivity index (χ1v) is 7.40. The predicted molar refractivity (Wildman–Crippen MR) is 83.2 cm³/mol. The summed E-state index contributed by atoms with van der Waals surface area (Å²) in [5, 5.41) is 19.3. The first-order valence-electron chi connectivity index (χ1n) is 7.40. The van der Waals surface area contributed by atoms with Gasteiger partial charge in [-0.15, -0.1) is 0 Å². The molecule has 7 nitrogen and oxygen atoms in total. The summed E-state index contributed by atoms with van der Waals surface area (Å²) >= 11 is 0. The summed E-state index contributed by atoms with van der Waals surface area (Å²) in [6, 6.07) is 4.43. The van der Waals surface area contributed by atoms with E-state index in [-0.39, 0.29) is 11.1 Å². The minimum absolute atomic E-state index is 0.00553. The predicted octanol–water partition coefficient (Wildman–Crippen LogP) is 1.89. The highest BCUT2D eigenvalue weighted by atomic mass is 19.1. The van der Waals surface area contributed by atoms with Gasteiger partial charge in [-0.05, 0) is 19.1 Å². The van der Waals surface area contributed by atoms with Gasteiger partial charge in [0.15, 0.2) is 6.10 Å². The van der Waals surface area contributed by atoms with Gasteiger partial charge in [-0.3, -0.25) is 9.63 Å². The largest absolute Gasteiger partial charge is 0.477 e. The summed E-state index contributed by atoms with van der Waals surface area (Å²) in [6.45, 7) is 2.55. The minimum atomic E-state index is -1.35. The summed E-state index contributed by atoms with van der Waals surface area (Å²) in [5.41, 5.74) is -0.610. The molecule has 1 aromatic carbocycles. The van der Waals surface area contributed by atoms with Crippen LogP contribution < -0.4 is 10.5 Å². The van der Waals surface area contributed by atoms with Crippen molar-refractivity contribution >= 4 is 22.6 Å². The molecule has 0 amide bonds. The van der Waals surface area contributed by atoms with Crippen LogP contribution in [-0.4, -0.2) is 28.3 Å². The minimum Gasteiger partial charge on any atom is -0.477 e. The molecule has 1 aromatic heterocycles. The van der Waals surface area contributed by atoms with E-state index in [0.29, 0.717) is 25.0 Å². The molecule has 0 aliphatic carbocycles. The van der Waals surface area contributed by atoms with E-state index in [1.54, 1.807) is 11.5 Å². The molecular weight excluding hydrogens is 317 g/mol. The van der Waals surface area contributed by atoms with Crippen molar-refractivity contribution in [3.63, 3.8) is 0 Å². The van der Waals surface area contributed by atoms with Crippen LogP contribution in [0, 0.1) is 17.1 Å². The number of hydrogen-bond donors (Lipinski definition) is 1. The van der Waals surface area contributed by atoms with Crippen LogP contribution >= 0.6 is 0 Å².